The lowest BCUT2D eigenvalue weighted by molar-refractivity contribution is -0.129. The van der Waals surface area contributed by atoms with E-state index < -0.39 is 23.5 Å². The monoisotopic (exact) mass is 430 g/mol. The minimum Gasteiger partial charge on any atom is -0.504 e. The lowest BCUT2D eigenvalue weighted by Crippen LogP contribution is -2.32. The van der Waals surface area contributed by atoms with Crippen molar-refractivity contribution in [3.8, 4) is 11.5 Å². The highest BCUT2D eigenvalue weighted by molar-refractivity contribution is 7.14. The molecule has 3 rings (SSSR count). The van der Waals surface area contributed by atoms with Crippen molar-refractivity contribution in [1.82, 2.24) is 9.88 Å². The van der Waals surface area contributed by atoms with E-state index in [0.29, 0.717) is 29.3 Å². The number of thiazole rings is 1. The van der Waals surface area contributed by atoms with Crippen LogP contribution in [0.4, 0.5) is 0 Å². The summed E-state index contributed by atoms with van der Waals surface area (Å²) < 4.78 is 5.48. The number of rotatable bonds is 8. The first kappa shape index (κ1) is 21.8. The van der Waals surface area contributed by atoms with Crippen LogP contribution in [0.25, 0.3) is 0 Å². The van der Waals surface area contributed by atoms with E-state index in [-0.39, 0.29) is 17.1 Å². The van der Waals surface area contributed by atoms with Crippen molar-refractivity contribution >= 4 is 23.0 Å². The van der Waals surface area contributed by atoms with Crippen molar-refractivity contribution in [1.29, 1.82) is 0 Å². The molecule has 1 unspecified atom stereocenters. The first-order valence-electron chi connectivity index (χ1n) is 9.98. The van der Waals surface area contributed by atoms with Crippen LogP contribution in [0.2, 0.25) is 0 Å². The molecule has 1 aliphatic rings. The van der Waals surface area contributed by atoms with Gasteiger partial charge in [0.05, 0.1) is 33.8 Å². The average Bonchev–Trinajstić information content (AvgIpc) is 3.18. The number of benzene rings is 1. The number of unbranched alkanes of at least 4 members (excludes halogenated alkanes) is 1. The lowest BCUT2D eigenvalue weighted by atomic mass is 9.94. The van der Waals surface area contributed by atoms with E-state index in [9.17, 15) is 19.8 Å². The predicted molar refractivity (Wildman–Crippen MR) is 114 cm³/mol. The van der Waals surface area contributed by atoms with Gasteiger partial charge in [-0.3, -0.25) is 9.59 Å². The number of phenols is 1. The maximum absolute atomic E-state index is 13.4. The zero-order valence-corrected chi connectivity index (χ0v) is 18.4. The van der Waals surface area contributed by atoms with Crippen molar-refractivity contribution in [2.24, 2.45) is 0 Å². The highest BCUT2D eigenvalue weighted by Crippen LogP contribution is 2.42. The van der Waals surface area contributed by atoms with E-state index in [0.717, 1.165) is 17.8 Å². The molecule has 30 heavy (non-hydrogen) atoms. The van der Waals surface area contributed by atoms with Crippen molar-refractivity contribution in [2.45, 2.75) is 46.6 Å². The van der Waals surface area contributed by atoms with E-state index in [2.05, 4.69) is 4.98 Å². The van der Waals surface area contributed by atoms with E-state index >= 15 is 0 Å². The maximum atomic E-state index is 13.4. The third-order valence-corrected chi connectivity index (χ3v) is 6.08. The quantitative estimate of drug-likeness (QED) is 0.608. The SMILES string of the molecule is CCCCN1C(=O)C(O)=C(C(=O)c2sc(C)nc2C)C1c1ccc(O)c(OCC)c1. The minimum absolute atomic E-state index is 0.0277. The van der Waals surface area contributed by atoms with Crippen LogP contribution in [0.3, 0.4) is 0 Å². The van der Waals surface area contributed by atoms with Gasteiger partial charge in [-0.1, -0.05) is 19.4 Å². The number of hydrogen-bond donors (Lipinski definition) is 2. The second-order valence-corrected chi connectivity index (χ2v) is 8.36. The van der Waals surface area contributed by atoms with Crippen molar-refractivity contribution < 1.29 is 24.5 Å². The number of aromatic hydroxyl groups is 1. The smallest absolute Gasteiger partial charge is 0.290 e. The zero-order chi connectivity index (χ0) is 22.0. The Labute approximate surface area is 179 Å². The number of nitrogens with zero attached hydrogens (tertiary/aromatic N) is 2. The molecule has 0 radical (unpaired) electrons. The van der Waals surface area contributed by atoms with Gasteiger partial charge in [0, 0.05) is 6.54 Å². The highest BCUT2D eigenvalue weighted by atomic mass is 32.1. The summed E-state index contributed by atoms with van der Waals surface area (Å²) in [6.45, 7) is 8.10. The number of Topliss-reactive ketones (excluding diaryl/α,β-unsaturated/α-hetero) is 1. The number of aromatic nitrogens is 1. The lowest BCUT2D eigenvalue weighted by Gasteiger charge is -2.27. The average molecular weight is 431 g/mol. The van der Waals surface area contributed by atoms with Gasteiger partial charge in [0.2, 0.25) is 5.78 Å². The summed E-state index contributed by atoms with van der Waals surface area (Å²) >= 11 is 1.24. The Hall–Kier alpha value is -2.87. The largest absolute Gasteiger partial charge is 0.504 e. The predicted octanol–water partition coefficient (Wildman–Crippen LogP) is 4.24. The van der Waals surface area contributed by atoms with Crippen LogP contribution in [-0.2, 0) is 4.79 Å². The summed E-state index contributed by atoms with van der Waals surface area (Å²) in [5.41, 5.74) is 1.20. The Bertz CT molecular complexity index is 1010. The number of ether oxygens (including phenoxy) is 1. The van der Waals surface area contributed by atoms with Crippen LogP contribution in [0.1, 0.15) is 58.7 Å². The number of phenolic OH excluding ortho intramolecular Hbond substituents is 1. The Balaban J connectivity index is 2.13. The molecule has 160 valence electrons. The van der Waals surface area contributed by atoms with Gasteiger partial charge in [0.25, 0.3) is 5.91 Å². The molecular formula is C22H26N2O5S. The van der Waals surface area contributed by atoms with Crippen molar-refractivity contribution in [3.63, 3.8) is 0 Å². The molecule has 2 aromatic rings. The van der Waals surface area contributed by atoms with Gasteiger partial charge in [0.15, 0.2) is 17.3 Å². The fraction of sp³-hybridized carbons (Fsp3) is 0.409. The van der Waals surface area contributed by atoms with E-state index in [4.69, 9.17) is 4.74 Å². The number of aliphatic hydroxyl groups excluding tert-OH is 1. The Kier molecular flexibility index (Phi) is 6.45. The molecule has 0 fully saturated rings. The second kappa shape index (κ2) is 8.87. The summed E-state index contributed by atoms with van der Waals surface area (Å²) in [4.78, 5) is 32.5. The molecule has 0 bridgehead atoms. The van der Waals surface area contributed by atoms with Gasteiger partial charge in [-0.15, -0.1) is 11.3 Å². The van der Waals surface area contributed by atoms with E-state index in [1.807, 2.05) is 13.8 Å². The van der Waals surface area contributed by atoms with Gasteiger partial charge in [0.1, 0.15) is 0 Å². The summed E-state index contributed by atoms with van der Waals surface area (Å²) in [5, 5.41) is 21.5. The number of hydrogen-bond acceptors (Lipinski definition) is 7. The fourth-order valence-corrected chi connectivity index (χ4v) is 4.50. The normalized spacial score (nSPS) is 16.5. The van der Waals surface area contributed by atoms with Crippen LogP contribution < -0.4 is 4.74 Å². The second-order valence-electron chi connectivity index (χ2n) is 7.15. The summed E-state index contributed by atoms with van der Waals surface area (Å²) in [6, 6.07) is 3.97. The van der Waals surface area contributed by atoms with Crippen molar-refractivity contribution in [3.05, 3.63) is 50.7 Å². The number of amides is 1. The third kappa shape index (κ3) is 3.92. The summed E-state index contributed by atoms with van der Waals surface area (Å²) in [5.74, 6) is -1.26. The molecule has 1 aromatic heterocycles. The standard InChI is InChI=1S/C22H26N2O5S/c1-5-7-10-24-18(14-8-9-15(25)16(11-14)29-6-2)17(20(27)22(24)28)19(26)21-12(3)23-13(4)30-21/h8-9,11,18,25,27H,5-7,10H2,1-4H3. The number of aryl methyl sites for hydroxylation is 2. The van der Waals surface area contributed by atoms with Gasteiger partial charge < -0.3 is 19.8 Å². The topological polar surface area (TPSA) is 100.0 Å². The Morgan fingerprint density at radius 3 is 2.60 bits per heavy atom. The Morgan fingerprint density at radius 1 is 1.27 bits per heavy atom. The molecule has 0 aliphatic carbocycles. The minimum atomic E-state index is -0.766. The molecule has 2 heterocycles. The molecule has 0 saturated carbocycles. The summed E-state index contributed by atoms with van der Waals surface area (Å²) in [7, 11) is 0. The van der Waals surface area contributed by atoms with Crippen LogP contribution in [0.15, 0.2) is 29.5 Å². The van der Waals surface area contributed by atoms with Gasteiger partial charge in [-0.2, -0.15) is 0 Å². The third-order valence-electron chi connectivity index (χ3n) is 5.01. The molecular weight excluding hydrogens is 404 g/mol. The van der Waals surface area contributed by atoms with Crippen LogP contribution in [0, 0.1) is 13.8 Å². The molecule has 0 saturated heterocycles. The highest BCUT2D eigenvalue weighted by Gasteiger charge is 2.44. The van der Waals surface area contributed by atoms with Crippen LogP contribution >= 0.6 is 11.3 Å². The fourth-order valence-electron chi connectivity index (χ4n) is 3.63. The number of aliphatic hydroxyl groups is 1. The molecule has 7 nitrogen and oxygen atoms in total. The maximum Gasteiger partial charge on any atom is 0.290 e. The number of carbonyl (C=O) groups excluding carboxylic acids is 2. The molecule has 1 atom stereocenters. The first-order chi connectivity index (χ1) is 14.3. The Morgan fingerprint density at radius 2 is 2.00 bits per heavy atom. The summed E-state index contributed by atoms with van der Waals surface area (Å²) in [6.07, 6.45) is 1.58. The molecule has 8 heteroatoms. The molecule has 1 amide bonds. The van der Waals surface area contributed by atoms with Gasteiger partial charge >= 0.3 is 0 Å². The van der Waals surface area contributed by atoms with Crippen molar-refractivity contribution in [2.75, 3.05) is 13.2 Å². The van der Waals surface area contributed by atoms with Crippen LogP contribution in [-0.4, -0.2) is 44.9 Å². The van der Waals surface area contributed by atoms with Gasteiger partial charge in [-0.25, -0.2) is 4.98 Å². The molecule has 0 spiro atoms. The zero-order valence-electron chi connectivity index (χ0n) is 17.6. The van der Waals surface area contributed by atoms with Crippen LogP contribution in [0.5, 0.6) is 11.5 Å². The molecule has 2 N–H and O–H groups in total. The van der Waals surface area contributed by atoms with E-state index in [1.165, 1.54) is 22.3 Å². The van der Waals surface area contributed by atoms with E-state index in [1.54, 1.807) is 26.0 Å². The first-order valence-corrected chi connectivity index (χ1v) is 10.8. The van der Waals surface area contributed by atoms with Gasteiger partial charge in [-0.05, 0) is 44.9 Å². The molecule has 1 aliphatic heterocycles. The number of carbonyl (C=O) groups is 2. The number of ketones is 1. The molecule has 1 aromatic carbocycles.